The van der Waals surface area contributed by atoms with E-state index in [9.17, 15) is 9.18 Å². The molecule has 2 unspecified atom stereocenters. The number of hydrogen-bond donors (Lipinski definition) is 2. The third kappa shape index (κ3) is 1.67. The normalized spacial score (nSPS) is 29.2. The Morgan fingerprint density at radius 3 is 3.00 bits per heavy atom. The highest BCUT2D eigenvalue weighted by Crippen LogP contribution is 2.33. The predicted molar refractivity (Wildman–Crippen MR) is 57.1 cm³/mol. The van der Waals surface area contributed by atoms with Crippen molar-refractivity contribution < 1.29 is 9.18 Å². The second-order valence-electron chi connectivity index (χ2n) is 4.36. The van der Waals surface area contributed by atoms with Gasteiger partial charge in [-0.15, -0.1) is 0 Å². The minimum Gasteiger partial charge on any atom is -0.369 e. The van der Waals surface area contributed by atoms with E-state index in [0.717, 1.165) is 6.20 Å². The Hall–Kier alpha value is -1.49. The topological polar surface area (TPSA) is 68.0 Å². The van der Waals surface area contributed by atoms with E-state index in [1.165, 1.54) is 6.07 Å². The number of hydrogen-bond acceptors (Lipinski definition) is 3. The number of halogens is 1. The molecule has 1 aliphatic heterocycles. The molecule has 0 aromatic carbocycles. The fourth-order valence-corrected chi connectivity index (χ4v) is 2.22. The average molecular weight is 223 g/mol. The maximum absolute atomic E-state index is 12.8. The summed E-state index contributed by atoms with van der Waals surface area (Å²) in [6.07, 6.45) is 1.16. The highest BCUT2D eigenvalue weighted by molar-refractivity contribution is 5.79. The first-order chi connectivity index (χ1) is 7.54. The molecule has 16 heavy (non-hydrogen) atoms. The Morgan fingerprint density at radius 2 is 2.44 bits per heavy atom. The third-order valence-corrected chi connectivity index (χ3v) is 3.27. The number of amides is 1. The van der Waals surface area contributed by atoms with E-state index in [1.54, 1.807) is 6.07 Å². The highest BCUT2D eigenvalue weighted by Gasteiger charge is 2.44. The summed E-state index contributed by atoms with van der Waals surface area (Å²) >= 11 is 0. The lowest BCUT2D eigenvalue weighted by molar-refractivity contribution is -0.122. The molecule has 4 nitrogen and oxygen atoms in total. The minimum absolute atomic E-state index is 0.300. The Balaban J connectivity index is 2.37. The second kappa shape index (κ2) is 3.83. The monoisotopic (exact) mass is 223 g/mol. The van der Waals surface area contributed by atoms with E-state index in [1.807, 2.05) is 6.92 Å². The van der Waals surface area contributed by atoms with Crippen molar-refractivity contribution in [1.29, 1.82) is 0 Å². The fourth-order valence-electron chi connectivity index (χ4n) is 2.22. The van der Waals surface area contributed by atoms with Crippen LogP contribution in [0.1, 0.15) is 12.6 Å². The highest BCUT2D eigenvalue weighted by atomic mass is 19.1. The van der Waals surface area contributed by atoms with Crippen LogP contribution in [0.4, 0.5) is 4.39 Å². The summed E-state index contributed by atoms with van der Waals surface area (Å²) < 4.78 is 12.8. The zero-order chi connectivity index (χ0) is 11.8. The van der Waals surface area contributed by atoms with E-state index in [2.05, 4.69) is 10.3 Å². The summed E-state index contributed by atoms with van der Waals surface area (Å²) in [6.45, 7) is 3.09. The lowest BCUT2D eigenvalue weighted by Crippen LogP contribution is -2.40. The number of nitrogens with zero attached hydrogens (tertiary/aromatic N) is 1. The van der Waals surface area contributed by atoms with Gasteiger partial charge in [-0.3, -0.25) is 9.78 Å². The van der Waals surface area contributed by atoms with Gasteiger partial charge < -0.3 is 11.1 Å². The molecule has 86 valence electrons. The molecule has 0 bridgehead atoms. The van der Waals surface area contributed by atoms with Crippen molar-refractivity contribution in [2.24, 2.45) is 11.7 Å². The average Bonchev–Trinajstić information content (AvgIpc) is 2.62. The maximum atomic E-state index is 12.8. The summed E-state index contributed by atoms with van der Waals surface area (Å²) in [5, 5.41) is 3.12. The van der Waals surface area contributed by atoms with Crippen LogP contribution in [-0.2, 0) is 10.2 Å². The first-order valence-corrected chi connectivity index (χ1v) is 5.16. The standard InChI is InChI=1S/C11H14FN3O/c1-11(6-14-5-8(11)10(13)16)9-3-2-7(12)4-15-9/h2-4,8,14H,5-6H2,1H3,(H2,13,16). The molecule has 1 saturated heterocycles. The fraction of sp³-hybridized carbons (Fsp3) is 0.455. The van der Waals surface area contributed by atoms with Gasteiger partial charge in [0.15, 0.2) is 0 Å². The van der Waals surface area contributed by atoms with Crippen LogP contribution in [0.15, 0.2) is 18.3 Å². The molecule has 0 saturated carbocycles. The van der Waals surface area contributed by atoms with Crippen LogP contribution in [0, 0.1) is 11.7 Å². The van der Waals surface area contributed by atoms with Gasteiger partial charge in [0.05, 0.1) is 12.1 Å². The quantitative estimate of drug-likeness (QED) is 0.751. The van der Waals surface area contributed by atoms with Crippen molar-refractivity contribution in [3.63, 3.8) is 0 Å². The van der Waals surface area contributed by atoms with Gasteiger partial charge in [-0.2, -0.15) is 0 Å². The Bertz CT molecular complexity index is 406. The van der Waals surface area contributed by atoms with Crippen molar-refractivity contribution >= 4 is 5.91 Å². The Morgan fingerprint density at radius 1 is 1.69 bits per heavy atom. The maximum Gasteiger partial charge on any atom is 0.222 e. The molecule has 0 aliphatic carbocycles. The van der Waals surface area contributed by atoms with E-state index < -0.39 is 5.41 Å². The molecule has 5 heteroatoms. The molecule has 0 spiro atoms. The summed E-state index contributed by atoms with van der Waals surface area (Å²) in [6, 6.07) is 2.96. The van der Waals surface area contributed by atoms with Crippen molar-refractivity contribution in [2.75, 3.05) is 13.1 Å². The molecule has 1 aromatic heterocycles. The molecule has 0 radical (unpaired) electrons. The predicted octanol–water partition coefficient (Wildman–Crippen LogP) is 0.183. The van der Waals surface area contributed by atoms with Gasteiger partial charge in [0.1, 0.15) is 5.82 Å². The molecule has 2 atom stereocenters. The molecule has 1 aromatic rings. The molecule has 3 N–H and O–H groups in total. The number of primary amides is 1. The number of aromatic nitrogens is 1. The van der Waals surface area contributed by atoms with Crippen molar-refractivity contribution in [1.82, 2.24) is 10.3 Å². The SMILES string of the molecule is CC1(c2ccc(F)cn2)CNCC1C(N)=O. The first kappa shape index (κ1) is 11.0. The van der Waals surface area contributed by atoms with Crippen molar-refractivity contribution in [3.8, 4) is 0 Å². The van der Waals surface area contributed by atoms with Crippen molar-refractivity contribution in [2.45, 2.75) is 12.3 Å². The van der Waals surface area contributed by atoms with Crippen LogP contribution in [0.5, 0.6) is 0 Å². The Labute approximate surface area is 93.1 Å². The van der Waals surface area contributed by atoms with Gasteiger partial charge in [-0.1, -0.05) is 6.92 Å². The van der Waals surface area contributed by atoms with Gasteiger partial charge in [-0.05, 0) is 12.1 Å². The smallest absolute Gasteiger partial charge is 0.222 e. The minimum atomic E-state index is -0.445. The van der Waals surface area contributed by atoms with E-state index in [-0.39, 0.29) is 17.6 Å². The van der Waals surface area contributed by atoms with Gasteiger partial charge in [-0.25, -0.2) is 4.39 Å². The number of carbonyl (C=O) groups is 1. The van der Waals surface area contributed by atoms with Crippen LogP contribution in [0.3, 0.4) is 0 Å². The van der Waals surface area contributed by atoms with Crippen LogP contribution >= 0.6 is 0 Å². The lowest BCUT2D eigenvalue weighted by atomic mass is 9.76. The third-order valence-electron chi connectivity index (χ3n) is 3.27. The van der Waals surface area contributed by atoms with Gasteiger partial charge in [0.2, 0.25) is 5.91 Å². The van der Waals surface area contributed by atoms with Crippen LogP contribution in [0.2, 0.25) is 0 Å². The lowest BCUT2D eigenvalue weighted by Gasteiger charge is -2.27. The Kier molecular flexibility index (Phi) is 2.63. The second-order valence-corrected chi connectivity index (χ2v) is 4.36. The van der Waals surface area contributed by atoms with Gasteiger partial charge in [0, 0.05) is 24.2 Å². The molecule has 1 fully saturated rings. The summed E-state index contributed by atoms with van der Waals surface area (Å²) in [5.74, 6) is -1.03. The number of nitrogens with two attached hydrogens (primary N) is 1. The van der Waals surface area contributed by atoms with Crippen LogP contribution < -0.4 is 11.1 Å². The van der Waals surface area contributed by atoms with Gasteiger partial charge >= 0.3 is 0 Å². The van der Waals surface area contributed by atoms with Crippen LogP contribution in [0.25, 0.3) is 0 Å². The van der Waals surface area contributed by atoms with Crippen molar-refractivity contribution in [3.05, 3.63) is 29.8 Å². The molecule has 2 rings (SSSR count). The largest absolute Gasteiger partial charge is 0.369 e. The summed E-state index contributed by atoms with van der Waals surface area (Å²) in [7, 11) is 0. The molecule has 2 heterocycles. The van der Waals surface area contributed by atoms with E-state index in [0.29, 0.717) is 18.8 Å². The number of carbonyl (C=O) groups excluding carboxylic acids is 1. The van der Waals surface area contributed by atoms with E-state index >= 15 is 0 Å². The zero-order valence-corrected chi connectivity index (χ0v) is 9.03. The van der Waals surface area contributed by atoms with Crippen LogP contribution in [-0.4, -0.2) is 24.0 Å². The first-order valence-electron chi connectivity index (χ1n) is 5.16. The molecular weight excluding hydrogens is 209 g/mol. The molecule has 1 aliphatic rings. The molecular formula is C11H14FN3O. The van der Waals surface area contributed by atoms with Gasteiger partial charge in [0.25, 0.3) is 0 Å². The molecule has 1 amide bonds. The number of pyridine rings is 1. The zero-order valence-electron chi connectivity index (χ0n) is 9.03. The summed E-state index contributed by atoms with van der Waals surface area (Å²) in [4.78, 5) is 15.4. The number of rotatable bonds is 2. The van der Waals surface area contributed by atoms with E-state index in [4.69, 9.17) is 5.73 Å². The summed E-state index contributed by atoms with van der Waals surface area (Å²) in [5.41, 5.74) is 5.61. The number of nitrogens with one attached hydrogen (secondary N) is 1.